The number of likely N-dealkylation sites (N-methyl/N-ethyl adjacent to an activating group) is 1. The summed E-state index contributed by atoms with van der Waals surface area (Å²) in [5.41, 5.74) is 8.68. The van der Waals surface area contributed by atoms with Crippen molar-refractivity contribution in [3.63, 3.8) is 0 Å². The summed E-state index contributed by atoms with van der Waals surface area (Å²) in [5, 5.41) is 9.01. The zero-order valence-electron chi connectivity index (χ0n) is 12.3. The lowest BCUT2D eigenvalue weighted by Crippen LogP contribution is -2.30. The molecular formula is C17H19N3O. The van der Waals surface area contributed by atoms with Crippen LogP contribution in [0.15, 0.2) is 48.5 Å². The Hall–Kier alpha value is -2.51. The predicted molar refractivity (Wildman–Crippen MR) is 84.3 cm³/mol. The van der Waals surface area contributed by atoms with Crippen LogP contribution in [-0.2, 0) is 0 Å². The lowest BCUT2D eigenvalue weighted by Gasteiger charge is -2.29. The Morgan fingerprint density at radius 3 is 2.52 bits per heavy atom. The van der Waals surface area contributed by atoms with Crippen molar-refractivity contribution in [3.8, 4) is 11.8 Å². The minimum absolute atomic E-state index is 0.0462. The first-order valence-electron chi connectivity index (χ1n) is 6.76. The maximum Gasteiger partial charge on any atom is 0.118 e. The molecule has 0 heterocycles. The number of nitriles is 1. The smallest absolute Gasteiger partial charge is 0.118 e. The van der Waals surface area contributed by atoms with Gasteiger partial charge in [0, 0.05) is 19.3 Å². The van der Waals surface area contributed by atoms with Crippen molar-refractivity contribution in [2.24, 2.45) is 5.73 Å². The molecule has 2 N–H and O–H groups in total. The molecule has 0 amide bonds. The molecule has 0 saturated carbocycles. The molecule has 21 heavy (non-hydrogen) atoms. The van der Waals surface area contributed by atoms with Gasteiger partial charge in [-0.05, 0) is 35.9 Å². The number of hydrogen-bond acceptors (Lipinski definition) is 4. The van der Waals surface area contributed by atoms with E-state index in [0.717, 1.165) is 17.0 Å². The van der Waals surface area contributed by atoms with E-state index in [2.05, 4.69) is 11.0 Å². The van der Waals surface area contributed by atoms with Crippen LogP contribution in [0, 0.1) is 11.3 Å². The second-order valence-corrected chi connectivity index (χ2v) is 4.80. The normalized spacial score (nSPS) is 11.5. The largest absolute Gasteiger partial charge is 0.497 e. The van der Waals surface area contributed by atoms with Crippen molar-refractivity contribution in [3.05, 3.63) is 59.7 Å². The monoisotopic (exact) mass is 281 g/mol. The molecular weight excluding hydrogens is 262 g/mol. The highest BCUT2D eigenvalue weighted by Gasteiger charge is 2.16. The van der Waals surface area contributed by atoms with Crippen molar-refractivity contribution >= 4 is 5.69 Å². The molecule has 1 atom stereocenters. The van der Waals surface area contributed by atoms with Gasteiger partial charge in [-0.2, -0.15) is 5.26 Å². The predicted octanol–water partition coefficient (Wildman–Crippen LogP) is 2.70. The summed E-state index contributed by atoms with van der Waals surface area (Å²) in [5.74, 6) is 0.823. The van der Waals surface area contributed by atoms with E-state index >= 15 is 0 Å². The molecule has 0 aliphatic rings. The van der Waals surface area contributed by atoms with Crippen LogP contribution in [0.3, 0.4) is 0 Å². The number of rotatable bonds is 5. The van der Waals surface area contributed by atoms with Crippen LogP contribution in [0.4, 0.5) is 5.69 Å². The van der Waals surface area contributed by atoms with E-state index in [4.69, 9.17) is 15.7 Å². The maximum absolute atomic E-state index is 9.01. The number of anilines is 1. The fraction of sp³-hybridized carbons (Fsp3) is 0.235. The van der Waals surface area contributed by atoms with E-state index in [9.17, 15) is 0 Å². The zero-order chi connectivity index (χ0) is 15.2. The van der Waals surface area contributed by atoms with Gasteiger partial charge in [-0.3, -0.25) is 0 Å². The average Bonchev–Trinajstić information content (AvgIpc) is 2.56. The molecule has 0 saturated heterocycles. The SMILES string of the molecule is COc1ccc(C(CN)N(C)c2cccc(C#N)c2)cc1. The van der Waals surface area contributed by atoms with E-state index in [-0.39, 0.29) is 6.04 Å². The van der Waals surface area contributed by atoms with E-state index in [1.165, 1.54) is 0 Å². The van der Waals surface area contributed by atoms with Crippen LogP contribution in [0.1, 0.15) is 17.2 Å². The van der Waals surface area contributed by atoms with Crippen molar-refractivity contribution < 1.29 is 4.74 Å². The average molecular weight is 281 g/mol. The summed E-state index contributed by atoms with van der Waals surface area (Å²) < 4.78 is 5.18. The van der Waals surface area contributed by atoms with Crippen LogP contribution < -0.4 is 15.4 Å². The number of hydrogen-bond donors (Lipinski definition) is 1. The van der Waals surface area contributed by atoms with Crippen molar-refractivity contribution in [2.75, 3.05) is 25.6 Å². The second-order valence-electron chi connectivity index (χ2n) is 4.80. The fourth-order valence-electron chi connectivity index (χ4n) is 2.32. The van der Waals surface area contributed by atoms with Crippen molar-refractivity contribution in [2.45, 2.75) is 6.04 Å². The Morgan fingerprint density at radius 2 is 1.95 bits per heavy atom. The highest BCUT2D eigenvalue weighted by molar-refractivity contribution is 5.53. The third kappa shape index (κ3) is 3.33. The zero-order valence-corrected chi connectivity index (χ0v) is 12.3. The molecule has 1 unspecified atom stereocenters. The van der Waals surface area contributed by atoms with Crippen LogP contribution in [0.25, 0.3) is 0 Å². The number of benzene rings is 2. The van der Waals surface area contributed by atoms with Crippen LogP contribution in [0.2, 0.25) is 0 Å². The van der Waals surface area contributed by atoms with Gasteiger partial charge in [-0.25, -0.2) is 0 Å². The topological polar surface area (TPSA) is 62.3 Å². The molecule has 0 aromatic heterocycles. The fourth-order valence-corrected chi connectivity index (χ4v) is 2.32. The second kappa shape index (κ2) is 6.78. The van der Waals surface area contributed by atoms with Gasteiger partial charge in [0.2, 0.25) is 0 Å². The molecule has 4 nitrogen and oxygen atoms in total. The Balaban J connectivity index is 2.28. The van der Waals surface area contributed by atoms with Gasteiger partial charge in [0.15, 0.2) is 0 Å². The van der Waals surface area contributed by atoms with Gasteiger partial charge in [-0.15, -0.1) is 0 Å². The summed E-state index contributed by atoms with van der Waals surface area (Å²) in [4.78, 5) is 2.09. The Morgan fingerprint density at radius 1 is 1.24 bits per heavy atom. The number of nitrogens with zero attached hydrogens (tertiary/aromatic N) is 2. The van der Waals surface area contributed by atoms with E-state index in [1.54, 1.807) is 13.2 Å². The van der Waals surface area contributed by atoms with Gasteiger partial charge in [0.05, 0.1) is 24.8 Å². The lowest BCUT2D eigenvalue weighted by atomic mass is 10.0. The van der Waals surface area contributed by atoms with Crippen LogP contribution in [0.5, 0.6) is 5.75 Å². The molecule has 0 fully saturated rings. The molecule has 2 rings (SSSR count). The number of nitrogens with two attached hydrogens (primary N) is 1. The first-order valence-corrected chi connectivity index (χ1v) is 6.76. The summed E-state index contributed by atoms with van der Waals surface area (Å²) in [7, 11) is 3.63. The van der Waals surface area contributed by atoms with Gasteiger partial charge < -0.3 is 15.4 Å². The number of methoxy groups -OCH3 is 1. The first kappa shape index (κ1) is 14.9. The Bertz CT molecular complexity index is 631. The van der Waals surface area contributed by atoms with Gasteiger partial charge in [-0.1, -0.05) is 18.2 Å². The molecule has 108 valence electrons. The van der Waals surface area contributed by atoms with Gasteiger partial charge in [0.25, 0.3) is 0 Å². The molecule has 0 spiro atoms. The summed E-state index contributed by atoms with van der Waals surface area (Å²) in [6.07, 6.45) is 0. The first-order chi connectivity index (χ1) is 10.2. The molecule has 2 aromatic carbocycles. The maximum atomic E-state index is 9.01. The van der Waals surface area contributed by atoms with Crippen LogP contribution in [-0.4, -0.2) is 20.7 Å². The standard InChI is InChI=1S/C17H19N3O/c1-20(15-5-3-4-13(10-15)11-18)17(12-19)14-6-8-16(21-2)9-7-14/h3-10,17H,12,19H2,1-2H3. The number of ether oxygens (including phenoxy) is 1. The molecule has 0 aliphatic carbocycles. The third-order valence-corrected chi connectivity index (χ3v) is 3.57. The van der Waals surface area contributed by atoms with Crippen LogP contribution >= 0.6 is 0 Å². The van der Waals surface area contributed by atoms with E-state index in [1.807, 2.05) is 49.5 Å². The molecule has 0 aliphatic heterocycles. The highest BCUT2D eigenvalue weighted by Crippen LogP contribution is 2.26. The summed E-state index contributed by atoms with van der Waals surface area (Å²) in [6, 6.07) is 17.6. The molecule has 0 bridgehead atoms. The quantitative estimate of drug-likeness (QED) is 0.915. The van der Waals surface area contributed by atoms with E-state index < -0.39 is 0 Å². The molecule has 4 heteroatoms. The minimum Gasteiger partial charge on any atom is -0.497 e. The van der Waals surface area contributed by atoms with E-state index in [0.29, 0.717) is 12.1 Å². The van der Waals surface area contributed by atoms with Crippen molar-refractivity contribution in [1.29, 1.82) is 5.26 Å². The lowest BCUT2D eigenvalue weighted by molar-refractivity contribution is 0.414. The Labute approximate surface area is 125 Å². The minimum atomic E-state index is 0.0462. The molecule has 2 aromatic rings. The van der Waals surface area contributed by atoms with Gasteiger partial charge in [0.1, 0.15) is 5.75 Å². The highest BCUT2D eigenvalue weighted by atomic mass is 16.5. The summed E-state index contributed by atoms with van der Waals surface area (Å²) >= 11 is 0. The Kier molecular flexibility index (Phi) is 4.81. The third-order valence-electron chi connectivity index (χ3n) is 3.57. The van der Waals surface area contributed by atoms with Gasteiger partial charge >= 0.3 is 0 Å². The van der Waals surface area contributed by atoms with Crippen molar-refractivity contribution in [1.82, 2.24) is 0 Å². The molecule has 0 radical (unpaired) electrons. The summed E-state index contributed by atoms with van der Waals surface area (Å²) in [6.45, 7) is 0.486.